The fourth-order valence-corrected chi connectivity index (χ4v) is 4.79. The van der Waals surface area contributed by atoms with Crippen LogP contribution in [0, 0.1) is 17.9 Å². The summed E-state index contributed by atoms with van der Waals surface area (Å²) < 4.78 is 0.899. The highest BCUT2D eigenvalue weighted by Gasteiger charge is 2.32. The summed E-state index contributed by atoms with van der Waals surface area (Å²) in [7, 11) is 0. The lowest BCUT2D eigenvalue weighted by molar-refractivity contribution is 0.171. The lowest BCUT2D eigenvalue weighted by Crippen LogP contribution is -2.49. The number of nitriles is 1. The summed E-state index contributed by atoms with van der Waals surface area (Å²) in [6.45, 7) is 11.9. The normalized spacial score (nSPS) is 17.4. The Hall–Kier alpha value is -2.83. The number of rotatable bonds is 4. The van der Waals surface area contributed by atoms with Crippen LogP contribution in [0.5, 0.6) is 0 Å². The standard InChI is InChI=1S/C26H22BrClN4/c1-18(19-5-10-24(30-2)11-6-19)31-13-14-32(25-12-7-22(27)15-21(25)16-29)26(17-31)20-3-8-23(28)9-4-20/h3-12,15,18,26H,13-14,17H2,1H3/t18-,26+/m1/s1. The SMILES string of the molecule is [C-]#[N+]c1ccc([C@@H](C)N2CCN(c3ccc(Br)cc3C#N)[C@H](c3ccc(Cl)cc3)C2)cc1. The molecule has 0 unspecified atom stereocenters. The van der Waals surface area contributed by atoms with Gasteiger partial charge in [-0.15, -0.1) is 0 Å². The molecule has 0 N–H and O–H groups in total. The molecular weight excluding hydrogens is 484 g/mol. The highest BCUT2D eigenvalue weighted by Crippen LogP contribution is 2.37. The maximum absolute atomic E-state index is 9.75. The van der Waals surface area contributed by atoms with E-state index >= 15 is 0 Å². The number of hydrogen-bond donors (Lipinski definition) is 0. The molecule has 1 aliphatic rings. The van der Waals surface area contributed by atoms with E-state index in [1.807, 2.05) is 54.6 Å². The molecule has 4 rings (SSSR count). The second kappa shape index (κ2) is 9.76. The van der Waals surface area contributed by atoms with Crippen LogP contribution in [0.15, 0.2) is 71.2 Å². The van der Waals surface area contributed by atoms with Gasteiger partial charge < -0.3 is 4.90 Å². The van der Waals surface area contributed by atoms with Crippen molar-refractivity contribution in [1.29, 1.82) is 5.26 Å². The van der Waals surface area contributed by atoms with Crippen LogP contribution in [0.1, 0.15) is 35.7 Å². The minimum absolute atomic E-state index is 0.0826. The van der Waals surface area contributed by atoms with Crippen molar-refractivity contribution in [2.45, 2.75) is 19.0 Å². The van der Waals surface area contributed by atoms with E-state index in [0.717, 1.165) is 29.8 Å². The van der Waals surface area contributed by atoms with Crippen molar-refractivity contribution in [3.8, 4) is 6.07 Å². The van der Waals surface area contributed by atoms with E-state index in [4.69, 9.17) is 18.2 Å². The molecule has 0 saturated carbocycles. The van der Waals surface area contributed by atoms with Crippen molar-refractivity contribution in [3.05, 3.63) is 104 Å². The molecular formula is C26H22BrClN4. The van der Waals surface area contributed by atoms with Crippen molar-refractivity contribution >= 4 is 38.9 Å². The third-order valence-electron chi connectivity index (χ3n) is 6.11. The zero-order valence-electron chi connectivity index (χ0n) is 17.7. The van der Waals surface area contributed by atoms with Gasteiger partial charge in [-0.1, -0.05) is 63.9 Å². The topological polar surface area (TPSA) is 34.6 Å². The molecule has 32 heavy (non-hydrogen) atoms. The van der Waals surface area contributed by atoms with E-state index in [0.29, 0.717) is 16.3 Å². The van der Waals surface area contributed by atoms with Gasteiger partial charge in [-0.2, -0.15) is 5.26 Å². The molecule has 0 aromatic heterocycles. The molecule has 0 bridgehead atoms. The quantitative estimate of drug-likeness (QED) is 0.353. The summed E-state index contributed by atoms with van der Waals surface area (Å²) in [5, 5.41) is 10.5. The molecule has 0 aliphatic carbocycles. The van der Waals surface area contributed by atoms with E-state index in [9.17, 15) is 5.26 Å². The number of halogens is 2. The van der Waals surface area contributed by atoms with Crippen LogP contribution in [-0.4, -0.2) is 24.5 Å². The summed E-state index contributed by atoms with van der Waals surface area (Å²) in [5.41, 5.74) is 4.63. The minimum Gasteiger partial charge on any atom is -0.361 e. The Morgan fingerprint density at radius 1 is 1.09 bits per heavy atom. The Morgan fingerprint density at radius 2 is 1.81 bits per heavy atom. The van der Waals surface area contributed by atoms with E-state index in [1.54, 1.807) is 0 Å². The van der Waals surface area contributed by atoms with Gasteiger partial charge >= 0.3 is 0 Å². The van der Waals surface area contributed by atoms with Gasteiger partial charge in [0.2, 0.25) is 0 Å². The Kier molecular flexibility index (Phi) is 6.82. The van der Waals surface area contributed by atoms with Gasteiger partial charge in [0.1, 0.15) is 6.07 Å². The van der Waals surface area contributed by atoms with E-state index < -0.39 is 0 Å². The van der Waals surface area contributed by atoms with Gasteiger partial charge in [0.15, 0.2) is 5.69 Å². The van der Waals surface area contributed by atoms with Crippen LogP contribution in [0.4, 0.5) is 11.4 Å². The first-order chi connectivity index (χ1) is 15.5. The number of piperazine rings is 1. The maximum atomic E-state index is 9.75. The molecule has 1 aliphatic heterocycles. The fraction of sp³-hybridized carbons (Fsp3) is 0.231. The molecule has 6 heteroatoms. The second-order valence-electron chi connectivity index (χ2n) is 7.91. The first-order valence-electron chi connectivity index (χ1n) is 10.4. The fourth-order valence-electron chi connectivity index (χ4n) is 4.30. The Bertz CT molecular complexity index is 1180. The van der Waals surface area contributed by atoms with Gasteiger partial charge in [-0.25, -0.2) is 4.85 Å². The molecule has 1 fully saturated rings. The Labute approximate surface area is 202 Å². The smallest absolute Gasteiger partial charge is 0.187 e. The zero-order chi connectivity index (χ0) is 22.7. The monoisotopic (exact) mass is 504 g/mol. The lowest BCUT2D eigenvalue weighted by atomic mass is 9.97. The van der Waals surface area contributed by atoms with Crippen LogP contribution >= 0.6 is 27.5 Å². The summed E-state index contributed by atoms with van der Waals surface area (Å²) in [5.74, 6) is 0. The highest BCUT2D eigenvalue weighted by molar-refractivity contribution is 9.10. The van der Waals surface area contributed by atoms with Crippen molar-refractivity contribution in [1.82, 2.24) is 4.90 Å². The van der Waals surface area contributed by atoms with E-state index in [2.05, 4.69) is 55.7 Å². The maximum Gasteiger partial charge on any atom is 0.187 e. The number of anilines is 1. The molecule has 3 aromatic carbocycles. The summed E-state index contributed by atoms with van der Waals surface area (Å²) >= 11 is 9.64. The predicted molar refractivity (Wildman–Crippen MR) is 133 cm³/mol. The summed E-state index contributed by atoms with van der Waals surface area (Å²) in [6.07, 6.45) is 0. The average molecular weight is 506 g/mol. The third-order valence-corrected chi connectivity index (χ3v) is 6.85. The average Bonchev–Trinajstić information content (AvgIpc) is 2.84. The van der Waals surface area contributed by atoms with Gasteiger partial charge in [-0.3, -0.25) is 4.90 Å². The molecule has 2 atom stereocenters. The van der Waals surface area contributed by atoms with Crippen LogP contribution in [0.2, 0.25) is 5.02 Å². The molecule has 0 radical (unpaired) electrons. The van der Waals surface area contributed by atoms with E-state index in [1.165, 1.54) is 11.1 Å². The van der Waals surface area contributed by atoms with Gasteiger partial charge in [0.25, 0.3) is 0 Å². The lowest BCUT2D eigenvalue weighted by Gasteiger charge is -2.45. The van der Waals surface area contributed by atoms with E-state index in [-0.39, 0.29) is 12.1 Å². The molecule has 4 nitrogen and oxygen atoms in total. The van der Waals surface area contributed by atoms with Gasteiger partial charge in [0, 0.05) is 35.2 Å². The number of nitrogens with zero attached hydrogens (tertiary/aromatic N) is 4. The Balaban J connectivity index is 1.67. The Morgan fingerprint density at radius 3 is 2.47 bits per heavy atom. The highest BCUT2D eigenvalue weighted by atomic mass is 79.9. The first kappa shape index (κ1) is 22.4. The molecule has 160 valence electrons. The van der Waals surface area contributed by atoms with Crippen molar-refractivity contribution in [3.63, 3.8) is 0 Å². The second-order valence-corrected chi connectivity index (χ2v) is 9.26. The molecule has 0 spiro atoms. The van der Waals surface area contributed by atoms with Crippen LogP contribution < -0.4 is 4.90 Å². The molecule has 1 saturated heterocycles. The molecule has 3 aromatic rings. The van der Waals surface area contributed by atoms with Crippen molar-refractivity contribution in [2.75, 3.05) is 24.5 Å². The van der Waals surface area contributed by atoms with Gasteiger partial charge in [0.05, 0.1) is 23.9 Å². The van der Waals surface area contributed by atoms with Gasteiger partial charge in [-0.05, 0) is 48.4 Å². The first-order valence-corrected chi connectivity index (χ1v) is 11.6. The molecule has 1 heterocycles. The minimum atomic E-state index is 0.0826. The largest absolute Gasteiger partial charge is 0.361 e. The summed E-state index contributed by atoms with van der Waals surface area (Å²) in [6, 6.07) is 24.4. The van der Waals surface area contributed by atoms with Crippen molar-refractivity contribution in [2.24, 2.45) is 0 Å². The number of benzene rings is 3. The predicted octanol–water partition coefficient (Wildman–Crippen LogP) is 7.15. The molecule has 0 amide bonds. The third kappa shape index (κ3) is 4.66. The van der Waals surface area contributed by atoms with Crippen LogP contribution in [0.3, 0.4) is 0 Å². The van der Waals surface area contributed by atoms with Crippen LogP contribution in [0.25, 0.3) is 4.85 Å². The number of hydrogen-bond acceptors (Lipinski definition) is 3. The van der Waals surface area contributed by atoms with Crippen molar-refractivity contribution < 1.29 is 0 Å². The summed E-state index contributed by atoms with van der Waals surface area (Å²) in [4.78, 5) is 8.30. The zero-order valence-corrected chi connectivity index (χ0v) is 20.0. The van der Waals surface area contributed by atoms with Crippen LogP contribution in [-0.2, 0) is 0 Å².